The number of carbonyl (C=O) groups is 2. The van der Waals surface area contributed by atoms with Crippen molar-refractivity contribution in [2.45, 2.75) is 57.9 Å². The SMILES string of the molecule is CCC(C)N(CCNS(=O)(=O)c1ccc2c(c1)CCCN2C(C)=O)C(C)=O. The van der Waals surface area contributed by atoms with Gasteiger partial charge >= 0.3 is 0 Å². The summed E-state index contributed by atoms with van der Waals surface area (Å²) in [5, 5.41) is 0. The van der Waals surface area contributed by atoms with Crippen molar-refractivity contribution >= 4 is 27.5 Å². The van der Waals surface area contributed by atoms with Crippen molar-refractivity contribution in [2.75, 3.05) is 24.5 Å². The number of benzene rings is 1. The van der Waals surface area contributed by atoms with Crippen LogP contribution in [0.5, 0.6) is 0 Å². The first kappa shape index (κ1) is 21.4. The topological polar surface area (TPSA) is 86.8 Å². The number of rotatable bonds is 7. The molecule has 1 aliphatic heterocycles. The molecule has 0 aliphatic carbocycles. The summed E-state index contributed by atoms with van der Waals surface area (Å²) >= 11 is 0. The summed E-state index contributed by atoms with van der Waals surface area (Å²) in [6.07, 6.45) is 2.37. The molecule has 0 spiro atoms. The molecule has 0 fully saturated rings. The van der Waals surface area contributed by atoms with E-state index in [1.54, 1.807) is 21.9 Å². The van der Waals surface area contributed by atoms with E-state index in [2.05, 4.69) is 4.72 Å². The number of carbonyl (C=O) groups excluding carboxylic acids is 2. The van der Waals surface area contributed by atoms with Crippen LogP contribution in [0.1, 0.15) is 46.1 Å². The summed E-state index contributed by atoms with van der Waals surface area (Å²) in [5.41, 5.74) is 1.65. The average molecular weight is 396 g/mol. The summed E-state index contributed by atoms with van der Waals surface area (Å²) in [7, 11) is -3.68. The van der Waals surface area contributed by atoms with Crippen molar-refractivity contribution in [1.29, 1.82) is 0 Å². The molecule has 1 unspecified atom stereocenters. The van der Waals surface area contributed by atoms with Crippen LogP contribution in [0.3, 0.4) is 0 Å². The molecular weight excluding hydrogens is 366 g/mol. The van der Waals surface area contributed by atoms with Gasteiger partial charge in [-0.1, -0.05) is 6.92 Å². The lowest BCUT2D eigenvalue weighted by Gasteiger charge is -2.29. The van der Waals surface area contributed by atoms with Gasteiger partial charge < -0.3 is 9.80 Å². The van der Waals surface area contributed by atoms with Crippen LogP contribution >= 0.6 is 0 Å². The molecule has 8 heteroatoms. The molecule has 1 heterocycles. The normalized spacial score (nSPS) is 15.2. The van der Waals surface area contributed by atoms with E-state index in [0.717, 1.165) is 30.5 Å². The van der Waals surface area contributed by atoms with Gasteiger partial charge in [0.15, 0.2) is 0 Å². The van der Waals surface area contributed by atoms with E-state index in [4.69, 9.17) is 0 Å². The maximum absolute atomic E-state index is 12.6. The molecule has 0 aromatic heterocycles. The molecule has 1 aromatic rings. The second-order valence-corrected chi connectivity index (χ2v) is 8.70. The zero-order valence-corrected chi connectivity index (χ0v) is 17.3. The number of aryl methyl sites for hydroxylation is 1. The molecule has 1 N–H and O–H groups in total. The van der Waals surface area contributed by atoms with Gasteiger partial charge in [-0.2, -0.15) is 0 Å². The van der Waals surface area contributed by atoms with E-state index in [0.29, 0.717) is 13.1 Å². The minimum absolute atomic E-state index is 0.0425. The summed E-state index contributed by atoms with van der Waals surface area (Å²) < 4.78 is 27.8. The molecule has 27 heavy (non-hydrogen) atoms. The summed E-state index contributed by atoms with van der Waals surface area (Å²) in [6.45, 7) is 8.07. The Bertz CT molecular complexity index is 807. The van der Waals surface area contributed by atoms with Gasteiger partial charge in [0.1, 0.15) is 0 Å². The van der Waals surface area contributed by atoms with Crippen molar-refractivity contribution in [2.24, 2.45) is 0 Å². The maximum atomic E-state index is 12.6. The van der Waals surface area contributed by atoms with Gasteiger partial charge in [-0.05, 0) is 49.9 Å². The van der Waals surface area contributed by atoms with Gasteiger partial charge in [0, 0.05) is 45.2 Å². The van der Waals surface area contributed by atoms with Crippen molar-refractivity contribution in [1.82, 2.24) is 9.62 Å². The average Bonchev–Trinajstić information content (AvgIpc) is 2.63. The monoisotopic (exact) mass is 395 g/mol. The molecule has 1 aliphatic rings. The number of nitrogens with one attached hydrogen (secondary N) is 1. The highest BCUT2D eigenvalue weighted by Crippen LogP contribution is 2.29. The molecule has 1 atom stereocenters. The third kappa shape index (κ3) is 5.07. The summed E-state index contributed by atoms with van der Waals surface area (Å²) in [6, 6.07) is 4.93. The third-order valence-corrected chi connectivity index (χ3v) is 6.49. The van der Waals surface area contributed by atoms with Gasteiger partial charge in [-0.25, -0.2) is 13.1 Å². The third-order valence-electron chi connectivity index (χ3n) is 5.03. The predicted molar refractivity (Wildman–Crippen MR) is 105 cm³/mol. The number of sulfonamides is 1. The molecule has 7 nitrogen and oxygen atoms in total. The van der Waals surface area contributed by atoms with Crippen molar-refractivity contribution in [3.63, 3.8) is 0 Å². The Kier molecular flexibility index (Phi) is 7.00. The number of hydrogen-bond acceptors (Lipinski definition) is 4. The molecule has 0 saturated carbocycles. The van der Waals surface area contributed by atoms with E-state index >= 15 is 0 Å². The van der Waals surface area contributed by atoms with Crippen molar-refractivity contribution in [3.8, 4) is 0 Å². The molecular formula is C19H29N3O4S. The van der Waals surface area contributed by atoms with Crippen LogP contribution in [0.4, 0.5) is 5.69 Å². The smallest absolute Gasteiger partial charge is 0.240 e. The lowest BCUT2D eigenvalue weighted by molar-refractivity contribution is -0.130. The number of fused-ring (bicyclic) bond motifs is 1. The minimum atomic E-state index is -3.68. The second kappa shape index (κ2) is 8.84. The van der Waals surface area contributed by atoms with Crippen LogP contribution in [0.2, 0.25) is 0 Å². The van der Waals surface area contributed by atoms with E-state index < -0.39 is 10.0 Å². The largest absolute Gasteiger partial charge is 0.339 e. The fourth-order valence-corrected chi connectivity index (χ4v) is 4.43. The Labute approximate surface area is 161 Å². The molecule has 150 valence electrons. The number of amides is 2. The van der Waals surface area contributed by atoms with Crippen LogP contribution in [0, 0.1) is 0 Å². The van der Waals surface area contributed by atoms with Crippen LogP contribution in [0.25, 0.3) is 0 Å². The van der Waals surface area contributed by atoms with Crippen LogP contribution in [-0.2, 0) is 26.0 Å². The highest BCUT2D eigenvalue weighted by atomic mass is 32.2. The highest BCUT2D eigenvalue weighted by molar-refractivity contribution is 7.89. The Balaban J connectivity index is 2.11. The fraction of sp³-hybridized carbons (Fsp3) is 0.579. The molecule has 0 radical (unpaired) electrons. The first-order valence-electron chi connectivity index (χ1n) is 9.35. The zero-order chi connectivity index (χ0) is 20.2. The zero-order valence-electron chi connectivity index (χ0n) is 16.5. The van der Waals surface area contributed by atoms with Crippen LogP contribution in [0.15, 0.2) is 23.1 Å². The number of hydrogen-bond donors (Lipinski definition) is 1. The number of nitrogens with zero attached hydrogens (tertiary/aromatic N) is 2. The van der Waals surface area contributed by atoms with E-state index in [-0.39, 0.29) is 29.3 Å². The lowest BCUT2D eigenvalue weighted by Crippen LogP contribution is -2.42. The van der Waals surface area contributed by atoms with Gasteiger partial charge in [-0.3, -0.25) is 9.59 Å². The molecule has 2 rings (SSSR count). The van der Waals surface area contributed by atoms with E-state index in [1.807, 2.05) is 13.8 Å². The van der Waals surface area contributed by atoms with Crippen molar-refractivity contribution < 1.29 is 18.0 Å². The summed E-state index contributed by atoms with van der Waals surface area (Å²) in [4.78, 5) is 27.0. The van der Waals surface area contributed by atoms with Gasteiger partial charge in [0.05, 0.1) is 4.90 Å². The predicted octanol–water partition coefficient (Wildman–Crippen LogP) is 1.91. The Morgan fingerprint density at radius 1 is 1.30 bits per heavy atom. The second-order valence-electron chi connectivity index (χ2n) is 6.93. The Hall–Kier alpha value is -1.93. The molecule has 1 aromatic carbocycles. The van der Waals surface area contributed by atoms with Crippen molar-refractivity contribution in [3.05, 3.63) is 23.8 Å². The first-order valence-corrected chi connectivity index (χ1v) is 10.8. The van der Waals surface area contributed by atoms with Gasteiger partial charge in [-0.15, -0.1) is 0 Å². The number of anilines is 1. The lowest BCUT2D eigenvalue weighted by atomic mass is 10.0. The highest BCUT2D eigenvalue weighted by Gasteiger charge is 2.23. The molecule has 2 amide bonds. The molecule has 0 bridgehead atoms. The minimum Gasteiger partial charge on any atom is -0.339 e. The standard InChI is InChI=1S/C19H29N3O4S/c1-5-14(2)21(15(3)23)12-10-20-27(25,26)18-8-9-19-17(13-18)7-6-11-22(19)16(4)24/h8-9,13-14,20H,5-7,10-12H2,1-4H3. The van der Waals surface area contributed by atoms with Gasteiger partial charge in [0.2, 0.25) is 21.8 Å². The quantitative estimate of drug-likeness (QED) is 0.764. The Morgan fingerprint density at radius 3 is 2.59 bits per heavy atom. The van der Waals surface area contributed by atoms with E-state index in [9.17, 15) is 18.0 Å². The van der Waals surface area contributed by atoms with Crippen LogP contribution < -0.4 is 9.62 Å². The van der Waals surface area contributed by atoms with Crippen LogP contribution in [-0.4, -0.2) is 50.8 Å². The maximum Gasteiger partial charge on any atom is 0.240 e. The first-order chi connectivity index (χ1) is 12.7. The van der Waals surface area contributed by atoms with E-state index in [1.165, 1.54) is 19.9 Å². The Morgan fingerprint density at radius 2 is 2.00 bits per heavy atom. The fourth-order valence-electron chi connectivity index (χ4n) is 3.36. The summed E-state index contributed by atoms with van der Waals surface area (Å²) in [5.74, 6) is -0.110. The van der Waals surface area contributed by atoms with Gasteiger partial charge in [0.25, 0.3) is 0 Å². The molecule has 0 saturated heterocycles.